The van der Waals surface area contributed by atoms with E-state index in [2.05, 4.69) is 51.6 Å². The van der Waals surface area contributed by atoms with Crippen LogP contribution in [0.15, 0.2) is 5.11 Å². The van der Waals surface area contributed by atoms with Gasteiger partial charge in [0.2, 0.25) is 14.2 Å². The zero-order valence-corrected chi connectivity index (χ0v) is 23.1. The number of rotatable bonds is 12. The molecule has 0 aromatic heterocycles. The smallest absolute Gasteiger partial charge is 0.234 e. The number of amides is 1. The molecule has 9 nitrogen and oxygen atoms in total. The lowest BCUT2D eigenvalue weighted by atomic mass is 9.98. The summed E-state index contributed by atoms with van der Waals surface area (Å²) in [6, 6.07) is -1.05. The van der Waals surface area contributed by atoms with Crippen LogP contribution in [0.3, 0.4) is 0 Å². The molecule has 0 spiro atoms. The molecule has 2 fully saturated rings. The van der Waals surface area contributed by atoms with Crippen molar-refractivity contribution in [2.75, 3.05) is 19.7 Å². The molecule has 0 N–H and O–H groups in total. The maximum atomic E-state index is 13.6. The molecule has 2 saturated heterocycles. The molecule has 1 amide bonds. The Morgan fingerprint density at radius 2 is 1.64 bits per heavy atom. The Morgan fingerprint density at radius 3 is 2.03 bits per heavy atom. The lowest BCUT2D eigenvalue weighted by Gasteiger charge is -2.47. The second-order valence-corrected chi connectivity index (χ2v) is 15.9. The van der Waals surface area contributed by atoms with Gasteiger partial charge in [-0.2, -0.15) is 0 Å². The minimum atomic E-state index is -2.47. The van der Waals surface area contributed by atoms with E-state index in [0.717, 1.165) is 0 Å². The molecule has 2 heterocycles. The van der Waals surface area contributed by atoms with Crippen molar-refractivity contribution < 1.29 is 23.4 Å². The summed E-state index contributed by atoms with van der Waals surface area (Å²) >= 11 is 0. The summed E-state index contributed by atoms with van der Waals surface area (Å²) in [6.45, 7) is 22.3. The van der Waals surface area contributed by atoms with Gasteiger partial charge in [-0.25, -0.2) is 0 Å². The molecule has 190 valence electrons. The molecule has 2 aliphatic rings. The maximum absolute atomic E-state index is 13.6. The quantitative estimate of drug-likeness (QED) is 0.127. The second kappa shape index (κ2) is 11.1. The van der Waals surface area contributed by atoms with Crippen LogP contribution in [0.1, 0.15) is 69.2 Å². The van der Waals surface area contributed by atoms with Crippen LogP contribution in [0.25, 0.3) is 10.4 Å². The number of ether oxygens (including phenoxy) is 3. The van der Waals surface area contributed by atoms with Crippen LogP contribution in [-0.4, -0.2) is 75.1 Å². The van der Waals surface area contributed by atoms with Crippen LogP contribution in [0.4, 0.5) is 0 Å². The Kier molecular flexibility index (Phi) is 9.40. The summed E-state index contributed by atoms with van der Waals surface area (Å²) in [4.78, 5) is 18.4. The first kappa shape index (κ1) is 28.1. The Bertz CT molecular complexity index is 696. The van der Waals surface area contributed by atoms with E-state index in [-0.39, 0.29) is 28.6 Å². The Balaban J connectivity index is 2.64. The molecular formula is C23H44N4O5Si. The number of azide groups is 1. The van der Waals surface area contributed by atoms with Gasteiger partial charge in [-0.05, 0) is 49.8 Å². The Labute approximate surface area is 200 Å². The van der Waals surface area contributed by atoms with Gasteiger partial charge < -0.3 is 23.5 Å². The highest BCUT2D eigenvalue weighted by Gasteiger charge is 2.58. The third kappa shape index (κ3) is 5.92. The molecule has 0 unspecified atom stereocenters. The van der Waals surface area contributed by atoms with Crippen molar-refractivity contribution in [3.05, 3.63) is 10.4 Å². The van der Waals surface area contributed by atoms with Crippen LogP contribution < -0.4 is 0 Å². The van der Waals surface area contributed by atoms with E-state index in [9.17, 15) is 10.3 Å². The monoisotopic (exact) mass is 484 g/mol. The fourth-order valence-corrected chi connectivity index (χ4v) is 11.1. The zero-order chi connectivity index (χ0) is 25.1. The van der Waals surface area contributed by atoms with Crippen molar-refractivity contribution in [3.8, 4) is 0 Å². The minimum absolute atomic E-state index is 0.119. The summed E-state index contributed by atoms with van der Waals surface area (Å²) in [6.07, 6.45) is -1.88. The largest absolute Gasteiger partial charge is 0.409 e. The minimum Gasteiger partial charge on any atom is -0.409 e. The van der Waals surface area contributed by atoms with E-state index in [4.69, 9.17) is 18.6 Å². The zero-order valence-electron chi connectivity index (χ0n) is 22.1. The van der Waals surface area contributed by atoms with Gasteiger partial charge in [0, 0.05) is 18.0 Å². The normalized spacial score (nSPS) is 26.4. The van der Waals surface area contributed by atoms with Gasteiger partial charge in [-0.3, -0.25) is 4.79 Å². The van der Waals surface area contributed by atoms with Crippen molar-refractivity contribution in [2.45, 2.75) is 122 Å². The SMILES string of the molecule is CCN(CC)C(=O)[C@H](N=[N+]=[N-])[C@H](O[Si](C(C)C)(C(C)C)C(C)C)[C@@H]1OC(C)(C)O[C@@H]1[C@H]1CO1. The first-order valence-corrected chi connectivity index (χ1v) is 14.5. The topological polar surface area (TPSA) is 109 Å². The number of carbonyl (C=O) groups excluding carboxylic acids is 1. The van der Waals surface area contributed by atoms with Gasteiger partial charge in [-0.15, -0.1) is 0 Å². The summed E-state index contributed by atoms with van der Waals surface area (Å²) < 4.78 is 25.3. The van der Waals surface area contributed by atoms with Gasteiger partial charge in [0.1, 0.15) is 24.4 Å². The third-order valence-electron chi connectivity index (χ3n) is 7.08. The first-order valence-electron chi connectivity index (χ1n) is 12.3. The first-order chi connectivity index (χ1) is 15.4. The highest BCUT2D eigenvalue weighted by Crippen LogP contribution is 2.46. The van der Waals surface area contributed by atoms with E-state index < -0.39 is 38.5 Å². The lowest BCUT2D eigenvalue weighted by molar-refractivity contribution is -0.159. The van der Waals surface area contributed by atoms with Crippen molar-refractivity contribution in [1.82, 2.24) is 4.90 Å². The van der Waals surface area contributed by atoms with Crippen LogP contribution in [0.2, 0.25) is 16.6 Å². The number of carbonyl (C=O) groups is 1. The molecule has 0 aromatic carbocycles. The molecule has 0 aliphatic carbocycles. The fraction of sp³-hybridized carbons (Fsp3) is 0.957. The summed E-state index contributed by atoms with van der Waals surface area (Å²) in [7, 11) is -2.47. The van der Waals surface area contributed by atoms with Crippen molar-refractivity contribution in [3.63, 3.8) is 0 Å². The van der Waals surface area contributed by atoms with E-state index in [1.165, 1.54) is 0 Å². The number of hydrogen-bond acceptors (Lipinski definition) is 6. The van der Waals surface area contributed by atoms with Gasteiger partial charge in [0.25, 0.3) is 0 Å². The number of nitrogens with zero attached hydrogens (tertiary/aromatic N) is 4. The number of likely N-dealkylation sites (N-methyl/N-ethyl adjacent to an activating group) is 1. The lowest BCUT2D eigenvalue weighted by Crippen LogP contribution is -2.59. The second-order valence-electron chi connectivity index (χ2n) is 10.5. The molecule has 0 aromatic rings. The van der Waals surface area contributed by atoms with Crippen molar-refractivity contribution >= 4 is 14.2 Å². The Hall–Kier alpha value is -1.16. The molecule has 0 saturated carbocycles. The van der Waals surface area contributed by atoms with Crippen molar-refractivity contribution in [2.24, 2.45) is 5.11 Å². The van der Waals surface area contributed by atoms with E-state index in [0.29, 0.717) is 19.7 Å². The molecule has 33 heavy (non-hydrogen) atoms. The number of hydrogen-bond donors (Lipinski definition) is 0. The summed E-state index contributed by atoms with van der Waals surface area (Å²) in [5.74, 6) is -1.11. The van der Waals surface area contributed by atoms with Gasteiger partial charge >= 0.3 is 0 Å². The van der Waals surface area contributed by atoms with E-state index in [1.807, 2.05) is 27.7 Å². The predicted octanol–water partition coefficient (Wildman–Crippen LogP) is 5.01. The van der Waals surface area contributed by atoms with Crippen LogP contribution in [0.5, 0.6) is 0 Å². The molecule has 0 bridgehead atoms. The molecule has 2 aliphatic heterocycles. The molecule has 2 rings (SSSR count). The summed E-state index contributed by atoms with van der Waals surface area (Å²) in [5, 5.41) is 4.02. The standard InChI is InChI=1S/C23H44N4O5Si/c1-11-27(12-2)22(28)18(25-26-24)20(32-33(14(3)4,15(5)6)16(7)8)21-19(17-13-29-17)30-23(9,10)31-21/h14-21H,11-13H2,1-10H3/t17-,18-,19-,20+,21-/m1/s1. The van der Waals surface area contributed by atoms with Gasteiger partial charge in [0.15, 0.2) is 5.79 Å². The van der Waals surface area contributed by atoms with Gasteiger partial charge in [-0.1, -0.05) is 46.7 Å². The molecule has 10 heteroatoms. The highest BCUT2D eigenvalue weighted by molar-refractivity contribution is 6.77. The predicted molar refractivity (Wildman–Crippen MR) is 130 cm³/mol. The van der Waals surface area contributed by atoms with Gasteiger partial charge in [0.05, 0.1) is 12.7 Å². The fourth-order valence-electron chi connectivity index (χ4n) is 5.59. The van der Waals surface area contributed by atoms with E-state index >= 15 is 0 Å². The summed E-state index contributed by atoms with van der Waals surface area (Å²) in [5.41, 5.74) is 10.3. The van der Waals surface area contributed by atoms with Crippen LogP contribution in [-0.2, 0) is 23.4 Å². The molecule has 5 atom stereocenters. The molecule has 0 radical (unpaired) electrons. The highest BCUT2D eigenvalue weighted by atomic mass is 28.4. The average Bonchev–Trinajstić information content (AvgIpc) is 3.51. The number of epoxide rings is 1. The van der Waals surface area contributed by atoms with Crippen LogP contribution >= 0.6 is 0 Å². The Morgan fingerprint density at radius 1 is 1.12 bits per heavy atom. The molecular weight excluding hydrogens is 440 g/mol. The average molecular weight is 485 g/mol. The van der Waals surface area contributed by atoms with E-state index in [1.54, 1.807) is 4.90 Å². The van der Waals surface area contributed by atoms with Crippen LogP contribution in [0, 0.1) is 0 Å². The van der Waals surface area contributed by atoms with Crippen molar-refractivity contribution in [1.29, 1.82) is 0 Å². The maximum Gasteiger partial charge on any atom is 0.234 e. The third-order valence-corrected chi connectivity index (χ3v) is 13.2.